The van der Waals surface area contributed by atoms with E-state index in [1.54, 1.807) is 4.68 Å². The van der Waals surface area contributed by atoms with Crippen LogP contribution in [0.15, 0.2) is 36.5 Å². The molecule has 152 valence electrons. The van der Waals surface area contributed by atoms with Crippen LogP contribution in [0.4, 0.5) is 0 Å². The molecule has 0 unspecified atom stereocenters. The van der Waals surface area contributed by atoms with Crippen LogP contribution in [-0.4, -0.2) is 26.8 Å². The molecule has 0 spiro atoms. The van der Waals surface area contributed by atoms with Crippen molar-refractivity contribution in [2.45, 2.75) is 73.5 Å². The molecule has 27 heavy (non-hydrogen) atoms. The van der Waals surface area contributed by atoms with Gasteiger partial charge < -0.3 is 5.32 Å². The zero-order valence-electron chi connectivity index (χ0n) is 17.9. The van der Waals surface area contributed by atoms with Gasteiger partial charge in [-0.05, 0) is 19.3 Å². The highest BCUT2D eigenvalue weighted by Gasteiger charge is 2.25. The van der Waals surface area contributed by atoms with Gasteiger partial charge in [0, 0.05) is 19.9 Å². The molecule has 2 rings (SSSR count). The van der Waals surface area contributed by atoms with Crippen molar-refractivity contribution in [1.29, 1.82) is 0 Å². The summed E-state index contributed by atoms with van der Waals surface area (Å²) in [7, 11) is 0. The zero-order valence-corrected chi connectivity index (χ0v) is 17.9. The predicted molar refractivity (Wildman–Crippen MR) is 114 cm³/mol. The molecule has 0 radical (unpaired) electrons. The number of Topliss-reactive ketones (excluding diaryl/α,β-unsaturated/α-hetero) is 1. The standard InChI is InChI=1S/C15H28N4O.C7H8.H2/c1-10(2)7-14(15(20)11(3)4)19-9-13(17-18-19)8-16-12(5)6;1-7-5-3-2-4-6-7;/h9-12,14,16H,7-8H2,1-6H3;2-6H,1H3;1H/t14-;;/m0../s1. The molecule has 0 saturated heterocycles. The van der Waals surface area contributed by atoms with Gasteiger partial charge in [0.1, 0.15) is 6.04 Å². The van der Waals surface area contributed by atoms with Crippen LogP contribution in [0.25, 0.3) is 0 Å². The van der Waals surface area contributed by atoms with Crippen molar-refractivity contribution in [2.24, 2.45) is 11.8 Å². The van der Waals surface area contributed by atoms with E-state index >= 15 is 0 Å². The van der Waals surface area contributed by atoms with E-state index in [-0.39, 0.29) is 19.2 Å². The maximum Gasteiger partial charge on any atom is 0.159 e. The summed E-state index contributed by atoms with van der Waals surface area (Å²) in [4.78, 5) is 12.4. The molecule has 5 heteroatoms. The summed E-state index contributed by atoms with van der Waals surface area (Å²) in [5, 5.41) is 11.6. The van der Waals surface area contributed by atoms with Gasteiger partial charge in [0.05, 0.1) is 11.9 Å². The van der Waals surface area contributed by atoms with Crippen LogP contribution in [-0.2, 0) is 11.3 Å². The summed E-state index contributed by atoms with van der Waals surface area (Å²) < 4.78 is 1.74. The number of aromatic nitrogens is 3. The second-order valence-electron chi connectivity index (χ2n) is 8.08. The average molecular weight is 375 g/mol. The Morgan fingerprint density at radius 1 is 1.11 bits per heavy atom. The number of nitrogens with one attached hydrogen (secondary N) is 1. The molecule has 0 saturated carbocycles. The topological polar surface area (TPSA) is 59.8 Å². The summed E-state index contributed by atoms with van der Waals surface area (Å²) in [6.07, 6.45) is 2.69. The largest absolute Gasteiger partial charge is 0.309 e. The first-order valence-electron chi connectivity index (χ1n) is 9.90. The lowest BCUT2D eigenvalue weighted by atomic mass is 9.94. The molecule has 1 aromatic heterocycles. The Hall–Kier alpha value is -2.01. The van der Waals surface area contributed by atoms with Crippen LogP contribution in [0.1, 0.15) is 66.7 Å². The van der Waals surface area contributed by atoms with E-state index in [1.165, 1.54) is 5.56 Å². The second kappa shape index (κ2) is 11.7. The SMILES string of the molecule is CC(C)C[C@@H](C(=O)C(C)C)n1cc(CNC(C)C)nn1.Cc1ccccc1.[HH]. The molecule has 1 atom stereocenters. The number of benzene rings is 1. The second-order valence-corrected chi connectivity index (χ2v) is 8.08. The van der Waals surface area contributed by atoms with Gasteiger partial charge >= 0.3 is 0 Å². The first-order chi connectivity index (χ1) is 12.7. The summed E-state index contributed by atoms with van der Waals surface area (Å²) in [5.74, 6) is 0.691. The van der Waals surface area contributed by atoms with Gasteiger partial charge in [0.25, 0.3) is 0 Å². The molecule has 0 aliphatic carbocycles. The number of hydrogen-bond acceptors (Lipinski definition) is 4. The maximum atomic E-state index is 12.4. The van der Waals surface area contributed by atoms with Crippen LogP contribution < -0.4 is 5.32 Å². The molecule has 1 heterocycles. The molecule has 1 N–H and O–H groups in total. The lowest BCUT2D eigenvalue weighted by molar-refractivity contribution is -0.126. The Morgan fingerprint density at radius 2 is 1.74 bits per heavy atom. The van der Waals surface area contributed by atoms with E-state index in [4.69, 9.17) is 0 Å². The lowest BCUT2D eigenvalue weighted by Crippen LogP contribution is -2.25. The number of carbonyl (C=O) groups is 1. The van der Waals surface area contributed by atoms with Gasteiger partial charge in [-0.25, -0.2) is 4.68 Å². The van der Waals surface area contributed by atoms with E-state index in [0.717, 1.165) is 12.1 Å². The molecule has 0 aliphatic heterocycles. The van der Waals surface area contributed by atoms with E-state index in [2.05, 4.69) is 62.4 Å². The van der Waals surface area contributed by atoms with Gasteiger partial charge in [-0.1, -0.05) is 82.7 Å². The number of hydrogen-bond donors (Lipinski definition) is 1. The first kappa shape index (κ1) is 23.0. The summed E-state index contributed by atoms with van der Waals surface area (Å²) in [5.41, 5.74) is 2.20. The molecule has 0 bridgehead atoms. The van der Waals surface area contributed by atoms with Gasteiger partial charge in [-0.2, -0.15) is 0 Å². The number of carbonyl (C=O) groups excluding carboxylic acids is 1. The van der Waals surface area contributed by atoms with E-state index in [9.17, 15) is 4.79 Å². The van der Waals surface area contributed by atoms with E-state index in [0.29, 0.717) is 18.5 Å². The fourth-order valence-electron chi connectivity index (χ4n) is 2.58. The van der Waals surface area contributed by atoms with Crippen molar-refractivity contribution >= 4 is 5.78 Å². The van der Waals surface area contributed by atoms with Crippen LogP contribution in [0.2, 0.25) is 0 Å². The Balaban J connectivity index is 0.000000765. The molecule has 0 aliphatic rings. The monoisotopic (exact) mass is 374 g/mol. The normalized spacial score (nSPS) is 12.2. The highest BCUT2D eigenvalue weighted by atomic mass is 16.1. The Bertz CT molecular complexity index is 668. The summed E-state index contributed by atoms with van der Waals surface area (Å²) in [6.45, 7) is 15.1. The molecule has 1 aromatic carbocycles. The first-order valence-corrected chi connectivity index (χ1v) is 9.90. The molecule has 5 nitrogen and oxygen atoms in total. The number of nitrogens with zero attached hydrogens (tertiary/aromatic N) is 3. The van der Waals surface area contributed by atoms with Gasteiger partial charge in [-0.15, -0.1) is 5.10 Å². The third kappa shape index (κ3) is 8.96. The van der Waals surface area contributed by atoms with Crippen molar-refractivity contribution in [2.75, 3.05) is 0 Å². The van der Waals surface area contributed by atoms with Crippen molar-refractivity contribution in [3.8, 4) is 0 Å². The van der Waals surface area contributed by atoms with E-state index in [1.807, 2.05) is 38.2 Å². The van der Waals surface area contributed by atoms with Crippen LogP contribution in [0.3, 0.4) is 0 Å². The minimum absolute atomic E-state index is 0. The van der Waals surface area contributed by atoms with Crippen molar-refractivity contribution in [1.82, 2.24) is 20.3 Å². The summed E-state index contributed by atoms with van der Waals surface area (Å²) >= 11 is 0. The Kier molecular flexibility index (Phi) is 9.94. The number of ketones is 1. The fourth-order valence-corrected chi connectivity index (χ4v) is 2.58. The molecular formula is C22H38N4O. The highest BCUT2D eigenvalue weighted by molar-refractivity contribution is 5.84. The Labute approximate surface area is 166 Å². The smallest absolute Gasteiger partial charge is 0.159 e. The van der Waals surface area contributed by atoms with Crippen molar-refractivity contribution < 1.29 is 6.22 Å². The predicted octanol–water partition coefficient (Wildman–Crippen LogP) is 4.83. The summed E-state index contributed by atoms with van der Waals surface area (Å²) in [6, 6.07) is 10.5. The molecule has 2 aromatic rings. The quantitative estimate of drug-likeness (QED) is 0.719. The Morgan fingerprint density at radius 3 is 2.19 bits per heavy atom. The van der Waals surface area contributed by atoms with Crippen molar-refractivity contribution in [3.63, 3.8) is 0 Å². The van der Waals surface area contributed by atoms with Gasteiger partial charge in [-0.3, -0.25) is 4.79 Å². The van der Waals surface area contributed by atoms with Gasteiger partial charge in [0.15, 0.2) is 5.78 Å². The lowest BCUT2D eigenvalue weighted by Gasteiger charge is -2.19. The van der Waals surface area contributed by atoms with Crippen LogP contribution in [0.5, 0.6) is 0 Å². The molecular weight excluding hydrogens is 336 g/mol. The molecule has 0 amide bonds. The highest BCUT2D eigenvalue weighted by Crippen LogP contribution is 2.21. The van der Waals surface area contributed by atoms with Crippen molar-refractivity contribution in [3.05, 3.63) is 47.8 Å². The third-order valence-electron chi connectivity index (χ3n) is 4.10. The number of aryl methyl sites for hydroxylation is 1. The minimum Gasteiger partial charge on any atom is -0.309 e. The van der Waals surface area contributed by atoms with E-state index < -0.39 is 0 Å². The number of rotatable bonds is 8. The minimum atomic E-state index is -0.199. The average Bonchev–Trinajstić information content (AvgIpc) is 3.07. The third-order valence-corrected chi connectivity index (χ3v) is 4.10. The molecule has 0 fully saturated rings. The van der Waals surface area contributed by atoms with Crippen LogP contribution in [0, 0.1) is 18.8 Å². The fraction of sp³-hybridized carbons (Fsp3) is 0.591. The maximum absolute atomic E-state index is 12.4. The van der Waals surface area contributed by atoms with Crippen LogP contribution >= 0.6 is 0 Å². The van der Waals surface area contributed by atoms with Gasteiger partial charge in [0.2, 0.25) is 0 Å². The zero-order chi connectivity index (χ0) is 20.4.